The standard InChI is InChI=1S/C23H20F3NO4.C4H10/c1-30-21-13-15(6-12-22(28)29)5-11-20(21)31-14-18-3-2-4-19(27-18)16-7-9-17(10-8-16)23(24,25)26;1-3-4-2/h2-5,7-11,13H,6,12,14H2,1H3,(H,28,29);3-4H2,1-2H3. The van der Waals surface area contributed by atoms with Gasteiger partial charge in [0.25, 0.3) is 0 Å². The molecule has 188 valence electrons. The fraction of sp³-hybridized carbons (Fsp3) is 0.333. The number of aliphatic carboxylic acids is 1. The van der Waals surface area contributed by atoms with Crippen LogP contribution in [-0.2, 0) is 24.0 Å². The van der Waals surface area contributed by atoms with Gasteiger partial charge in [0, 0.05) is 12.0 Å². The topological polar surface area (TPSA) is 68.7 Å². The van der Waals surface area contributed by atoms with Crippen molar-refractivity contribution in [1.29, 1.82) is 0 Å². The van der Waals surface area contributed by atoms with Crippen molar-refractivity contribution in [1.82, 2.24) is 4.98 Å². The van der Waals surface area contributed by atoms with Crippen LogP contribution in [0.3, 0.4) is 0 Å². The van der Waals surface area contributed by atoms with E-state index in [1.165, 1.54) is 32.1 Å². The van der Waals surface area contributed by atoms with Crippen LogP contribution in [0.1, 0.15) is 49.9 Å². The second-order valence-electron chi connectivity index (χ2n) is 7.76. The first-order valence-electron chi connectivity index (χ1n) is 11.3. The molecule has 0 radical (unpaired) electrons. The number of carbonyl (C=O) groups is 1. The zero-order chi connectivity index (χ0) is 25.8. The van der Waals surface area contributed by atoms with Crippen molar-refractivity contribution in [2.45, 2.75) is 52.3 Å². The van der Waals surface area contributed by atoms with Gasteiger partial charge >= 0.3 is 12.1 Å². The molecule has 3 aromatic rings. The molecular formula is C27H30F3NO4. The number of alkyl halides is 3. The van der Waals surface area contributed by atoms with Crippen LogP contribution in [0.2, 0.25) is 0 Å². The van der Waals surface area contributed by atoms with E-state index in [2.05, 4.69) is 18.8 Å². The summed E-state index contributed by atoms with van der Waals surface area (Å²) < 4.78 is 49.4. The summed E-state index contributed by atoms with van der Waals surface area (Å²) in [5, 5.41) is 8.81. The van der Waals surface area contributed by atoms with E-state index < -0.39 is 17.7 Å². The van der Waals surface area contributed by atoms with Crippen molar-refractivity contribution < 1.29 is 32.5 Å². The molecule has 0 fully saturated rings. The van der Waals surface area contributed by atoms with Crippen molar-refractivity contribution in [2.75, 3.05) is 7.11 Å². The molecule has 2 aromatic carbocycles. The molecule has 1 N–H and O–H groups in total. The minimum Gasteiger partial charge on any atom is -0.493 e. The maximum Gasteiger partial charge on any atom is 0.416 e. The third-order valence-electron chi connectivity index (χ3n) is 5.05. The minimum absolute atomic E-state index is 0.0179. The lowest BCUT2D eigenvalue weighted by Crippen LogP contribution is -2.04. The summed E-state index contributed by atoms with van der Waals surface area (Å²) in [6.07, 6.45) is -1.35. The second-order valence-corrected chi connectivity index (χ2v) is 7.76. The summed E-state index contributed by atoms with van der Waals surface area (Å²) in [4.78, 5) is 15.2. The molecule has 0 saturated heterocycles. The van der Waals surface area contributed by atoms with E-state index in [0.717, 1.165) is 17.7 Å². The average molecular weight is 490 g/mol. The lowest BCUT2D eigenvalue weighted by molar-refractivity contribution is -0.138. The van der Waals surface area contributed by atoms with Gasteiger partial charge in [-0.3, -0.25) is 4.79 Å². The van der Waals surface area contributed by atoms with E-state index in [1.54, 1.807) is 36.4 Å². The van der Waals surface area contributed by atoms with E-state index in [-0.39, 0.29) is 13.0 Å². The number of benzene rings is 2. The Hall–Kier alpha value is -3.55. The molecule has 0 unspecified atom stereocenters. The first-order chi connectivity index (χ1) is 16.7. The number of halogens is 3. The molecule has 8 heteroatoms. The predicted octanol–water partition coefficient (Wildman–Crippen LogP) is 7.18. The van der Waals surface area contributed by atoms with E-state index in [9.17, 15) is 18.0 Å². The molecule has 0 aliphatic heterocycles. The predicted molar refractivity (Wildman–Crippen MR) is 129 cm³/mol. The minimum atomic E-state index is -4.39. The molecule has 1 aromatic heterocycles. The van der Waals surface area contributed by atoms with Crippen LogP contribution in [0, 0.1) is 0 Å². The lowest BCUT2D eigenvalue weighted by atomic mass is 10.1. The number of nitrogens with zero attached hydrogens (tertiary/aromatic N) is 1. The highest BCUT2D eigenvalue weighted by Crippen LogP contribution is 2.31. The number of unbranched alkanes of at least 4 members (excludes halogenated alkanes) is 1. The average Bonchev–Trinajstić information content (AvgIpc) is 2.86. The van der Waals surface area contributed by atoms with E-state index in [0.29, 0.717) is 34.9 Å². The number of pyridine rings is 1. The van der Waals surface area contributed by atoms with Crippen LogP contribution >= 0.6 is 0 Å². The van der Waals surface area contributed by atoms with Gasteiger partial charge in [-0.25, -0.2) is 4.98 Å². The number of ether oxygens (including phenoxy) is 2. The van der Waals surface area contributed by atoms with E-state index in [4.69, 9.17) is 14.6 Å². The molecule has 0 bridgehead atoms. The molecule has 0 amide bonds. The van der Waals surface area contributed by atoms with Crippen LogP contribution in [-0.4, -0.2) is 23.2 Å². The molecule has 0 atom stereocenters. The Labute approximate surface area is 203 Å². The summed E-state index contributed by atoms with van der Waals surface area (Å²) in [7, 11) is 1.49. The Bertz CT molecular complexity index is 1080. The quantitative estimate of drug-likeness (QED) is 0.345. The highest BCUT2D eigenvalue weighted by molar-refractivity contribution is 5.67. The van der Waals surface area contributed by atoms with Gasteiger partial charge in [-0.15, -0.1) is 0 Å². The maximum absolute atomic E-state index is 12.7. The number of aryl methyl sites for hydroxylation is 1. The van der Waals surface area contributed by atoms with Gasteiger partial charge in [0.05, 0.1) is 24.1 Å². The van der Waals surface area contributed by atoms with Crippen LogP contribution in [0.4, 0.5) is 13.2 Å². The fourth-order valence-corrected chi connectivity index (χ4v) is 2.94. The van der Waals surface area contributed by atoms with Crippen molar-refractivity contribution in [2.24, 2.45) is 0 Å². The number of aromatic nitrogens is 1. The summed E-state index contributed by atoms with van der Waals surface area (Å²) in [6, 6.07) is 15.2. The molecule has 35 heavy (non-hydrogen) atoms. The van der Waals surface area contributed by atoms with Gasteiger partial charge in [0.1, 0.15) is 6.61 Å². The Kier molecular flexibility index (Phi) is 10.6. The Morgan fingerprint density at radius 3 is 2.23 bits per heavy atom. The smallest absolute Gasteiger partial charge is 0.416 e. The van der Waals surface area contributed by atoms with Crippen molar-refractivity contribution in [3.8, 4) is 22.8 Å². The molecular weight excluding hydrogens is 459 g/mol. The van der Waals surface area contributed by atoms with Gasteiger partial charge in [-0.1, -0.05) is 51.0 Å². The third-order valence-corrected chi connectivity index (χ3v) is 5.05. The van der Waals surface area contributed by atoms with Crippen molar-refractivity contribution in [3.63, 3.8) is 0 Å². The Morgan fingerprint density at radius 1 is 0.971 bits per heavy atom. The van der Waals surface area contributed by atoms with Gasteiger partial charge in [0.2, 0.25) is 0 Å². The number of hydrogen-bond acceptors (Lipinski definition) is 4. The molecule has 0 aliphatic rings. The van der Waals surface area contributed by atoms with Crippen LogP contribution in [0.25, 0.3) is 11.3 Å². The molecule has 0 aliphatic carbocycles. The Balaban J connectivity index is 0.00000100. The maximum atomic E-state index is 12.7. The zero-order valence-corrected chi connectivity index (χ0v) is 20.1. The van der Waals surface area contributed by atoms with Gasteiger partial charge in [-0.05, 0) is 48.4 Å². The largest absolute Gasteiger partial charge is 0.493 e. The van der Waals surface area contributed by atoms with Crippen molar-refractivity contribution in [3.05, 3.63) is 77.5 Å². The van der Waals surface area contributed by atoms with Crippen LogP contribution in [0.5, 0.6) is 11.5 Å². The first-order valence-corrected chi connectivity index (χ1v) is 11.3. The monoisotopic (exact) mass is 489 g/mol. The summed E-state index contributed by atoms with van der Waals surface area (Å²) in [5.41, 5.74) is 1.79. The first kappa shape index (κ1) is 27.7. The van der Waals surface area contributed by atoms with E-state index >= 15 is 0 Å². The van der Waals surface area contributed by atoms with Gasteiger partial charge < -0.3 is 14.6 Å². The van der Waals surface area contributed by atoms with E-state index in [1.807, 2.05) is 0 Å². The molecule has 5 nitrogen and oxygen atoms in total. The SMILES string of the molecule is CCCC.COc1cc(CCC(=O)O)ccc1OCc1cccc(-c2ccc(C(F)(F)F)cc2)n1. The number of methoxy groups -OCH3 is 1. The Morgan fingerprint density at radius 2 is 1.66 bits per heavy atom. The number of hydrogen-bond donors (Lipinski definition) is 1. The number of rotatable bonds is 9. The number of carboxylic acid groups (broad SMARTS) is 1. The van der Waals surface area contributed by atoms with Gasteiger partial charge in [0.15, 0.2) is 11.5 Å². The molecule has 0 spiro atoms. The highest BCUT2D eigenvalue weighted by Gasteiger charge is 2.30. The van der Waals surface area contributed by atoms with Crippen molar-refractivity contribution >= 4 is 5.97 Å². The van der Waals surface area contributed by atoms with Crippen LogP contribution in [0.15, 0.2) is 60.7 Å². The zero-order valence-electron chi connectivity index (χ0n) is 20.1. The van der Waals surface area contributed by atoms with Crippen LogP contribution < -0.4 is 9.47 Å². The molecule has 1 heterocycles. The normalized spacial score (nSPS) is 10.8. The van der Waals surface area contributed by atoms with Gasteiger partial charge in [-0.2, -0.15) is 13.2 Å². The molecule has 3 rings (SSSR count). The highest BCUT2D eigenvalue weighted by atomic mass is 19.4. The molecule has 0 saturated carbocycles. The summed E-state index contributed by atoms with van der Waals surface area (Å²) in [6.45, 7) is 4.49. The lowest BCUT2D eigenvalue weighted by Gasteiger charge is -2.12. The fourth-order valence-electron chi connectivity index (χ4n) is 2.94. The number of carboxylic acids is 1. The summed E-state index contributed by atoms with van der Waals surface area (Å²) in [5.74, 6) is 0.0726. The third kappa shape index (κ3) is 8.96. The second kappa shape index (κ2) is 13.4. The summed E-state index contributed by atoms with van der Waals surface area (Å²) >= 11 is 0.